The first-order chi connectivity index (χ1) is 14.8. The average Bonchev–Trinajstić information content (AvgIpc) is 3.25. The number of amides is 1. The number of sulfonamides is 1. The number of carbonyl (C=O) groups excluding carboxylic acids is 1. The molecule has 9 nitrogen and oxygen atoms in total. The first-order valence-electron chi connectivity index (χ1n) is 9.73. The van der Waals surface area contributed by atoms with Crippen molar-refractivity contribution in [2.75, 3.05) is 53.8 Å². The van der Waals surface area contributed by atoms with Gasteiger partial charge in [0.15, 0.2) is 11.5 Å². The number of nitrogens with zero attached hydrogens (tertiary/aromatic N) is 2. The van der Waals surface area contributed by atoms with Gasteiger partial charge in [-0.05, 0) is 36.2 Å². The van der Waals surface area contributed by atoms with Gasteiger partial charge in [-0.25, -0.2) is 8.42 Å². The van der Waals surface area contributed by atoms with E-state index < -0.39 is 10.0 Å². The topological polar surface area (TPSA) is 98.5 Å². The molecule has 0 fully saturated rings. The largest absolute Gasteiger partial charge is 0.493 e. The highest BCUT2D eigenvalue weighted by Gasteiger charge is 2.24. The highest BCUT2D eigenvalue weighted by atomic mass is 32.2. The Morgan fingerprint density at radius 2 is 1.81 bits per heavy atom. The minimum atomic E-state index is -3.56. The second-order valence-corrected chi connectivity index (χ2v) is 8.91. The lowest BCUT2D eigenvalue weighted by Crippen LogP contribution is -2.44. The van der Waals surface area contributed by atoms with Crippen LogP contribution < -0.4 is 9.47 Å². The first kappa shape index (κ1) is 24.7. The van der Waals surface area contributed by atoms with Crippen molar-refractivity contribution in [2.45, 2.75) is 13.0 Å². The van der Waals surface area contributed by atoms with Crippen molar-refractivity contribution in [2.24, 2.45) is 0 Å². The van der Waals surface area contributed by atoms with E-state index in [1.807, 2.05) is 18.2 Å². The molecule has 0 N–H and O–H groups in total. The van der Waals surface area contributed by atoms with Crippen molar-refractivity contribution in [3.8, 4) is 11.5 Å². The summed E-state index contributed by atoms with van der Waals surface area (Å²) in [6, 6.07) is 9.08. The lowest BCUT2D eigenvalue weighted by molar-refractivity contribution is -0.132. The number of methoxy groups -OCH3 is 3. The third-order valence-electron chi connectivity index (χ3n) is 4.72. The Bertz CT molecular complexity index is 929. The van der Waals surface area contributed by atoms with Gasteiger partial charge in [-0.3, -0.25) is 4.79 Å². The number of rotatable bonds is 13. The zero-order valence-electron chi connectivity index (χ0n) is 18.4. The first-order valence-corrected chi connectivity index (χ1v) is 11.6. The fourth-order valence-electron chi connectivity index (χ4n) is 2.99. The van der Waals surface area contributed by atoms with Crippen LogP contribution in [0, 0.1) is 0 Å². The standard InChI is InChI=1S/C21H30N2O7S/c1-27-13-11-23(31(4,25)26)16-21(24)22(15-18-6-5-12-30-18)10-9-17-7-8-19(28-2)20(14-17)29-3/h5-8,12,14H,9-11,13,15-16H2,1-4H3. The SMILES string of the molecule is COCCN(CC(=O)N(CCc1ccc(OC)c(OC)c1)Cc1ccco1)S(C)(=O)=O. The summed E-state index contributed by atoms with van der Waals surface area (Å²) in [5, 5.41) is 0. The minimum Gasteiger partial charge on any atom is -0.493 e. The zero-order valence-corrected chi connectivity index (χ0v) is 19.2. The Kier molecular flexibility index (Phi) is 9.35. The lowest BCUT2D eigenvalue weighted by Gasteiger charge is -2.26. The Morgan fingerprint density at radius 3 is 2.39 bits per heavy atom. The number of carbonyl (C=O) groups is 1. The predicted molar refractivity (Wildman–Crippen MR) is 116 cm³/mol. The van der Waals surface area contributed by atoms with Gasteiger partial charge >= 0.3 is 0 Å². The maximum absolute atomic E-state index is 13.0. The molecule has 0 aliphatic heterocycles. The van der Waals surface area contributed by atoms with Crippen molar-refractivity contribution in [3.63, 3.8) is 0 Å². The number of ether oxygens (including phenoxy) is 3. The summed E-state index contributed by atoms with van der Waals surface area (Å²) in [6.07, 6.45) is 3.16. The maximum atomic E-state index is 13.0. The van der Waals surface area contributed by atoms with Crippen LogP contribution in [-0.2, 0) is 32.5 Å². The molecule has 172 valence electrons. The smallest absolute Gasteiger partial charge is 0.238 e. The molecule has 0 aliphatic carbocycles. The molecule has 0 spiro atoms. The summed E-state index contributed by atoms with van der Waals surface area (Å²) in [6.45, 7) is 0.641. The van der Waals surface area contributed by atoms with Crippen LogP contribution in [0.25, 0.3) is 0 Å². The monoisotopic (exact) mass is 454 g/mol. The molecule has 1 heterocycles. The van der Waals surface area contributed by atoms with Crippen LogP contribution in [0.3, 0.4) is 0 Å². The van der Waals surface area contributed by atoms with Gasteiger partial charge in [-0.15, -0.1) is 0 Å². The van der Waals surface area contributed by atoms with E-state index in [-0.39, 0.29) is 32.1 Å². The second kappa shape index (κ2) is 11.7. The van der Waals surface area contributed by atoms with Crippen molar-refractivity contribution in [1.29, 1.82) is 0 Å². The number of benzene rings is 1. The third-order valence-corrected chi connectivity index (χ3v) is 5.97. The van der Waals surface area contributed by atoms with Gasteiger partial charge in [0, 0.05) is 20.2 Å². The van der Waals surface area contributed by atoms with Gasteiger partial charge in [0.05, 0.1) is 46.4 Å². The van der Waals surface area contributed by atoms with Crippen LogP contribution in [0.2, 0.25) is 0 Å². The van der Waals surface area contributed by atoms with E-state index >= 15 is 0 Å². The zero-order chi connectivity index (χ0) is 22.9. The molecule has 2 aromatic rings. The molecule has 0 saturated heterocycles. The molecular weight excluding hydrogens is 424 g/mol. The van der Waals surface area contributed by atoms with Gasteiger partial charge in [0.2, 0.25) is 15.9 Å². The fourth-order valence-corrected chi connectivity index (χ4v) is 3.74. The van der Waals surface area contributed by atoms with E-state index in [1.54, 1.807) is 31.3 Å². The summed E-state index contributed by atoms with van der Waals surface area (Å²) < 4.78 is 46.2. The number of hydrogen-bond donors (Lipinski definition) is 0. The van der Waals surface area contributed by atoms with Crippen molar-refractivity contribution in [3.05, 3.63) is 47.9 Å². The summed E-state index contributed by atoms with van der Waals surface area (Å²) >= 11 is 0. The van der Waals surface area contributed by atoms with Crippen LogP contribution in [0.15, 0.2) is 41.0 Å². The van der Waals surface area contributed by atoms with E-state index in [0.717, 1.165) is 16.1 Å². The highest BCUT2D eigenvalue weighted by molar-refractivity contribution is 7.88. The Morgan fingerprint density at radius 1 is 1.06 bits per heavy atom. The van der Waals surface area contributed by atoms with Gasteiger partial charge in [-0.2, -0.15) is 4.31 Å². The maximum Gasteiger partial charge on any atom is 0.238 e. The highest BCUT2D eigenvalue weighted by Crippen LogP contribution is 2.27. The predicted octanol–water partition coefficient (Wildman–Crippen LogP) is 1.78. The molecule has 1 aromatic heterocycles. The Labute approximate surface area is 183 Å². The van der Waals surface area contributed by atoms with Gasteiger partial charge in [0.25, 0.3) is 0 Å². The molecule has 0 bridgehead atoms. The molecule has 2 rings (SSSR count). The third kappa shape index (κ3) is 7.57. The molecule has 0 aliphatic rings. The van der Waals surface area contributed by atoms with E-state index in [9.17, 15) is 13.2 Å². The van der Waals surface area contributed by atoms with Gasteiger partial charge in [-0.1, -0.05) is 6.07 Å². The van der Waals surface area contributed by atoms with E-state index in [2.05, 4.69) is 0 Å². The molecule has 31 heavy (non-hydrogen) atoms. The summed E-state index contributed by atoms with van der Waals surface area (Å²) in [7, 11) is 1.05. The molecule has 1 amide bonds. The van der Waals surface area contributed by atoms with Crippen LogP contribution in [0.5, 0.6) is 11.5 Å². The molecule has 10 heteroatoms. The van der Waals surface area contributed by atoms with Gasteiger partial charge in [0.1, 0.15) is 5.76 Å². The quantitative estimate of drug-likeness (QED) is 0.455. The molecule has 1 aromatic carbocycles. The summed E-state index contributed by atoms with van der Waals surface area (Å²) in [5.41, 5.74) is 0.953. The molecule has 0 radical (unpaired) electrons. The average molecular weight is 455 g/mol. The number of hydrogen-bond acceptors (Lipinski definition) is 7. The van der Waals surface area contributed by atoms with Crippen LogP contribution in [0.1, 0.15) is 11.3 Å². The molecular formula is C21H30N2O7S. The fraction of sp³-hybridized carbons (Fsp3) is 0.476. The van der Waals surface area contributed by atoms with E-state index in [1.165, 1.54) is 13.4 Å². The molecule has 0 atom stereocenters. The summed E-state index contributed by atoms with van der Waals surface area (Å²) in [4.78, 5) is 14.6. The van der Waals surface area contributed by atoms with Crippen molar-refractivity contribution >= 4 is 15.9 Å². The molecule has 0 unspecified atom stereocenters. The second-order valence-electron chi connectivity index (χ2n) is 6.92. The normalized spacial score (nSPS) is 11.5. The van der Waals surface area contributed by atoms with Crippen LogP contribution >= 0.6 is 0 Å². The molecule has 0 saturated carbocycles. The van der Waals surface area contributed by atoms with Crippen molar-refractivity contribution < 1.29 is 31.8 Å². The van der Waals surface area contributed by atoms with Crippen LogP contribution in [-0.4, -0.2) is 77.4 Å². The Hall–Kier alpha value is -2.56. The number of furan rings is 1. The lowest BCUT2D eigenvalue weighted by atomic mass is 10.1. The Balaban J connectivity index is 2.15. The van der Waals surface area contributed by atoms with E-state index in [0.29, 0.717) is 30.2 Å². The van der Waals surface area contributed by atoms with Gasteiger partial charge < -0.3 is 23.5 Å². The minimum absolute atomic E-state index is 0.103. The van der Waals surface area contributed by atoms with Crippen molar-refractivity contribution in [1.82, 2.24) is 9.21 Å². The van der Waals surface area contributed by atoms with E-state index in [4.69, 9.17) is 18.6 Å². The summed E-state index contributed by atoms with van der Waals surface area (Å²) in [5.74, 6) is 1.52. The van der Waals surface area contributed by atoms with Crippen LogP contribution in [0.4, 0.5) is 0 Å².